The monoisotopic (exact) mass is 312 g/mol. The molecule has 1 aliphatic carbocycles. The zero-order chi connectivity index (χ0) is 15.2. The first-order chi connectivity index (χ1) is 9.95. The van der Waals surface area contributed by atoms with Gasteiger partial charge in [-0.1, -0.05) is 6.42 Å². The third kappa shape index (κ3) is 2.64. The van der Waals surface area contributed by atoms with Crippen LogP contribution in [0.25, 0.3) is 0 Å². The topological polar surface area (TPSA) is 62.5 Å². The summed E-state index contributed by atoms with van der Waals surface area (Å²) >= 11 is 0. The number of hydrogen-bond donors (Lipinski definition) is 1. The van der Waals surface area contributed by atoms with Crippen molar-refractivity contribution in [1.82, 2.24) is 8.87 Å². The van der Waals surface area contributed by atoms with Crippen molar-refractivity contribution in [2.24, 2.45) is 0 Å². The number of aliphatic hydroxyl groups is 1. The average Bonchev–Trinajstić information content (AvgIpc) is 3.16. The van der Waals surface area contributed by atoms with Crippen LogP contribution >= 0.6 is 0 Å². The summed E-state index contributed by atoms with van der Waals surface area (Å²) in [6.45, 7) is 3.85. The molecule has 1 N–H and O–H groups in total. The molecule has 2 fully saturated rings. The fourth-order valence-corrected chi connectivity index (χ4v) is 5.38. The molecule has 1 aliphatic heterocycles. The summed E-state index contributed by atoms with van der Waals surface area (Å²) in [5, 5.41) is 9.46. The van der Waals surface area contributed by atoms with Gasteiger partial charge in [0.15, 0.2) is 0 Å². The molecule has 21 heavy (non-hydrogen) atoms. The summed E-state index contributed by atoms with van der Waals surface area (Å²) in [6.07, 6.45) is 6.76. The van der Waals surface area contributed by atoms with E-state index < -0.39 is 10.0 Å². The van der Waals surface area contributed by atoms with Crippen LogP contribution in [0, 0.1) is 0 Å². The molecule has 2 aliphatic rings. The van der Waals surface area contributed by atoms with Gasteiger partial charge in [0.1, 0.15) is 4.90 Å². The van der Waals surface area contributed by atoms with Crippen LogP contribution in [0.3, 0.4) is 0 Å². The number of hydrogen-bond acceptors (Lipinski definition) is 3. The Hall–Kier alpha value is -0.850. The highest BCUT2D eigenvalue weighted by molar-refractivity contribution is 7.89. The van der Waals surface area contributed by atoms with E-state index in [0.717, 1.165) is 32.1 Å². The van der Waals surface area contributed by atoms with Crippen LogP contribution in [0.4, 0.5) is 0 Å². The largest absolute Gasteiger partial charge is 0.390 e. The highest BCUT2D eigenvalue weighted by Crippen LogP contribution is 2.38. The second kappa shape index (κ2) is 5.41. The van der Waals surface area contributed by atoms with E-state index in [1.165, 1.54) is 0 Å². The fraction of sp³-hybridized carbons (Fsp3) is 0.733. The molecule has 1 saturated heterocycles. The fourth-order valence-electron chi connectivity index (χ4n) is 3.45. The quantitative estimate of drug-likeness (QED) is 0.927. The molecular weight excluding hydrogens is 288 g/mol. The minimum Gasteiger partial charge on any atom is -0.390 e. The molecule has 2 unspecified atom stereocenters. The lowest BCUT2D eigenvalue weighted by molar-refractivity contribution is 0.204. The molecule has 0 spiro atoms. The van der Waals surface area contributed by atoms with E-state index in [2.05, 4.69) is 0 Å². The summed E-state index contributed by atoms with van der Waals surface area (Å²) in [7, 11) is -3.48. The first-order valence-electron chi connectivity index (χ1n) is 7.80. The Morgan fingerprint density at radius 1 is 1.19 bits per heavy atom. The van der Waals surface area contributed by atoms with Gasteiger partial charge in [-0.05, 0) is 45.6 Å². The van der Waals surface area contributed by atoms with Crippen LogP contribution in [-0.2, 0) is 16.6 Å². The average molecular weight is 312 g/mol. The third-order valence-corrected chi connectivity index (χ3v) is 6.79. The molecule has 0 amide bonds. The van der Waals surface area contributed by atoms with Crippen molar-refractivity contribution < 1.29 is 13.5 Å². The summed E-state index contributed by atoms with van der Waals surface area (Å²) < 4.78 is 29.5. The highest BCUT2D eigenvalue weighted by atomic mass is 32.2. The third-order valence-electron chi connectivity index (χ3n) is 4.70. The molecule has 3 rings (SSSR count). The van der Waals surface area contributed by atoms with E-state index >= 15 is 0 Å². The number of rotatable bonds is 4. The maximum atomic E-state index is 13.0. The van der Waals surface area contributed by atoms with E-state index in [9.17, 15) is 13.5 Å². The summed E-state index contributed by atoms with van der Waals surface area (Å²) in [4.78, 5) is 0.332. The van der Waals surface area contributed by atoms with Gasteiger partial charge in [0.2, 0.25) is 10.0 Å². The molecule has 2 atom stereocenters. The van der Waals surface area contributed by atoms with Crippen LogP contribution in [-0.4, -0.2) is 34.5 Å². The van der Waals surface area contributed by atoms with Crippen molar-refractivity contribution >= 4 is 10.0 Å². The predicted molar refractivity (Wildman–Crippen MR) is 80.4 cm³/mol. The van der Waals surface area contributed by atoms with Crippen molar-refractivity contribution in [2.45, 2.75) is 75.6 Å². The van der Waals surface area contributed by atoms with E-state index in [-0.39, 0.29) is 18.7 Å². The molecule has 1 aromatic rings. The summed E-state index contributed by atoms with van der Waals surface area (Å²) in [5.41, 5.74) is 0.702. The van der Waals surface area contributed by atoms with Gasteiger partial charge in [-0.25, -0.2) is 8.42 Å². The van der Waals surface area contributed by atoms with E-state index in [1.807, 2.05) is 18.4 Å². The van der Waals surface area contributed by atoms with Crippen molar-refractivity contribution in [1.29, 1.82) is 0 Å². The molecule has 2 heterocycles. The Kier molecular flexibility index (Phi) is 3.88. The van der Waals surface area contributed by atoms with Gasteiger partial charge in [0.25, 0.3) is 0 Å². The van der Waals surface area contributed by atoms with Gasteiger partial charge in [0.05, 0.1) is 6.61 Å². The number of sulfonamides is 1. The SMILES string of the molecule is CC1CCCC(C)N1S(=O)(=O)c1cc(CO)n(C2CC2)c1. The van der Waals surface area contributed by atoms with Gasteiger partial charge < -0.3 is 9.67 Å². The van der Waals surface area contributed by atoms with Crippen molar-refractivity contribution in [3.63, 3.8) is 0 Å². The molecule has 1 saturated carbocycles. The predicted octanol–water partition coefficient (Wildman–Crippen LogP) is 2.27. The smallest absolute Gasteiger partial charge is 0.245 e. The lowest BCUT2D eigenvalue weighted by Gasteiger charge is -2.37. The summed E-state index contributed by atoms with van der Waals surface area (Å²) in [5.74, 6) is 0. The normalized spacial score (nSPS) is 28.0. The van der Waals surface area contributed by atoms with Crippen LogP contribution in [0.5, 0.6) is 0 Å². The zero-order valence-corrected chi connectivity index (χ0v) is 13.5. The second-order valence-corrected chi connectivity index (χ2v) is 8.27. The number of piperidine rings is 1. The molecule has 5 nitrogen and oxygen atoms in total. The molecule has 1 aromatic heterocycles. The van der Waals surface area contributed by atoms with E-state index in [4.69, 9.17) is 0 Å². The Morgan fingerprint density at radius 2 is 1.81 bits per heavy atom. The Labute approximate surface area is 126 Å². The van der Waals surface area contributed by atoms with Gasteiger partial charge in [0, 0.05) is 30.0 Å². The number of aromatic nitrogens is 1. The van der Waals surface area contributed by atoms with Crippen LogP contribution in [0.1, 0.15) is 57.7 Å². The number of aliphatic hydroxyl groups excluding tert-OH is 1. The van der Waals surface area contributed by atoms with Gasteiger partial charge in [-0.15, -0.1) is 0 Å². The summed E-state index contributed by atoms with van der Waals surface area (Å²) in [6, 6.07) is 2.09. The van der Waals surface area contributed by atoms with Crippen molar-refractivity contribution in [3.8, 4) is 0 Å². The minimum absolute atomic E-state index is 0.0422. The molecule has 6 heteroatoms. The van der Waals surface area contributed by atoms with Crippen LogP contribution < -0.4 is 0 Å². The zero-order valence-electron chi connectivity index (χ0n) is 12.7. The van der Waals surface area contributed by atoms with Crippen LogP contribution in [0.15, 0.2) is 17.2 Å². The van der Waals surface area contributed by atoms with E-state index in [0.29, 0.717) is 16.6 Å². The van der Waals surface area contributed by atoms with Crippen molar-refractivity contribution in [3.05, 3.63) is 18.0 Å². The van der Waals surface area contributed by atoms with Gasteiger partial charge in [-0.3, -0.25) is 0 Å². The molecule has 118 valence electrons. The molecule has 0 bridgehead atoms. The standard InChI is InChI=1S/C15H24N2O3S/c1-11-4-3-5-12(2)17(11)21(19,20)15-8-14(10-18)16(9-15)13-6-7-13/h8-9,11-13,18H,3-7,10H2,1-2H3. The Balaban J connectivity index is 1.97. The minimum atomic E-state index is -3.48. The lowest BCUT2D eigenvalue weighted by atomic mass is 10.0. The number of nitrogens with zero attached hydrogens (tertiary/aromatic N) is 2. The maximum absolute atomic E-state index is 13.0. The molecule has 0 aromatic carbocycles. The Morgan fingerprint density at radius 3 is 2.33 bits per heavy atom. The van der Waals surface area contributed by atoms with Gasteiger partial charge in [-0.2, -0.15) is 4.31 Å². The Bertz CT molecular complexity index is 609. The second-order valence-electron chi connectivity index (χ2n) is 6.43. The lowest BCUT2D eigenvalue weighted by Crippen LogP contribution is -2.47. The van der Waals surface area contributed by atoms with E-state index in [1.54, 1.807) is 16.6 Å². The first kappa shape index (κ1) is 15.1. The molecule has 0 radical (unpaired) electrons. The van der Waals surface area contributed by atoms with Crippen LogP contribution in [0.2, 0.25) is 0 Å². The highest BCUT2D eigenvalue weighted by Gasteiger charge is 2.37. The maximum Gasteiger partial charge on any atom is 0.245 e. The molecular formula is C15H24N2O3S. The first-order valence-corrected chi connectivity index (χ1v) is 9.24. The van der Waals surface area contributed by atoms with Crippen molar-refractivity contribution in [2.75, 3.05) is 0 Å². The van der Waals surface area contributed by atoms with Gasteiger partial charge >= 0.3 is 0 Å².